The van der Waals surface area contributed by atoms with E-state index in [4.69, 9.17) is 24.5 Å². The number of rotatable bonds is 9. The maximum atomic E-state index is 13.5. The molecule has 2 bridgehead atoms. The van der Waals surface area contributed by atoms with E-state index in [1.165, 1.54) is 37.1 Å². The van der Waals surface area contributed by atoms with Crippen molar-refractivity contribution in [1.29, 1.82) is 0 Å². The third-order valence-electron chi connectivity index (χ3n) is 7.55. The summed E-state index contributed by atoms with van der Waals surface area (Å²) in [5, 5.41) is 14.8. The van der Waals surface area contributed by atoms with Crippen molar-refractivity contribution >= 4 is 18.0 Å². The van der Waals surface area contributed by atoms with Gasteiger partial charge in [0.2, 0.25) is 0 Å². The van der Waals surface area contributed by atoms with Crippen LogP contribution < -0.4 is 0 Å². The number of carbonyl (C=O) groups is 2. The highest BCUT2D eigenvalue weighted by Crippen LogP contribution is 2.31. The van der Waals surface area contributed by atoms with Crippen molar-refractivity contribution in [3.63, 3.8) is 0 Å². The molecule has 0 amide bonds. The number of aromatic nitrogens is 1. The lowest BCUT2D eigenvalue weighted by molar-refractivity contribution is -0.159. The Bertz CT molecular complexity index is 1260. The number of benzene rings is 2. The average Bonchev–Trinajstić information content (AvgIpc) is 3.27. The molecule has 2 saturated heterocycles. The van der Waals surface area contributed by atoms with E-state index in [-0.39, 0.29) is 17.7 Å². The van der Waals surface area contributed by atoms with E-state index in [0.717, 1.165) is 49.3 Å². The molecule has 1 aromatic heterocycles. The molecule has 3 aromatic rings. The number of fused-ring (bicyclic) bond motifs is 2. The number of carboxylic acids is 2. The summed E-state index contributed by atoms with van der Waals surface area (Å²) >= 11 is 0. The third-order valence-corrected chi connectivity index (χ3v) is 7.55. The van der Waals surface area contributed by atoms with E-state index >= 15 is 0 Å². The molecule has 2 aliphatic rings. The minimum atomic E-state index is -1.82. The van der Waals surface area contributed by atoms with E-state index in [9.17, 15) is 8.78 Å². The lowest BCUT2D eigenvalue weighted by Gasteiger charge is -2.28. The highest BCUT2D eigenvalue weighted by molar-refractivity contribution is 6.27. The predicted octanol–water partition coefficient (Wildman–Crippen LogP) is 4.87. The molecule has 222 valence electrons. The van der Waals surface area contributed by atoms with Gasteiger partial charge < -0.3 is 14.9 Å². The highest BCUT2D eigenvalue weighted by atomic mass is 19.1. The van der Waals surface area contributed by atoms with Gasteiger partial charge in [-0.15, -0.1) is 0 Å². The maximum absolute atomic E-state index is 13.5. The summed E-state index contributed by atoms with van der Waals surface area (Å²) in [6.45, 7) is 4.45. The molecule has 8 nitrogen and oxygen atoms in total. The zero-order valence-corrected chi connectivity index (χ0v) is 23.2. The minimum absolute atomic E-state index is 0.281. The first-order valence-corrected chi connectivity index (χ1v) is 13.9. The molecule has 2 aromatic carbocycles. The number of carboxylic acid groups (broad SMARTS) is 2. The number of ether oxygens (including phenoxy) is 1. The van der Waals surface area contributed by atoms with Crippen LogP contribution in [0.25, 0.3) is 6.08 Å². The summed E-state index contributed by atoms with van der Waals surface area (Å²) in [6, 6.07) is 18.0. The number of hydrogen-bond donors (Lipinski definition) is 2. The van der Waals surface area contributed by atoms with Gasteiger partial charge >= 0.3 is 11.9 Å². The number of likely N-dealkylation sites (tertiary alicyclic amines) is 1. The lowest BCUT2D eigenvalue weighted by Crippen LogP contribution is -2.40. The van der Waals surface area contributed by atoms with Gasteiger partial charge in [-0.25, -0.2) is 18.4 Å². The summed E-state index contributed by atoms with van der Waals surface area (Å²) in [4.78, 5) is 27.6. The fraction of sp³-hybridized carbons (Fsp3) is 0.344. The molecule has 0 saturated carbocycles. The number of halogens is 2. The van der Waals surface area contributed by atoms with Crippen LogP contribution >= 0.6 is 0 Å². The van der Waals surface area contributed by atoms with Crippen LogP contribution in [-0.2, 0) is 14.3 Å². The molecule has 2 unspecified atom stereocenters. The normalized spacial score (nSPS) is 18.9. The van der Waals surface area contributed by atoms with E-state index in [0.29, 0.717) is 18.7 Å². The number of nitrogens with zero attached hydrogens (tertiary/aromatic N) is 3. The van der Waals surface area contributed by atoms with Crippen molar-refractivity contribution in [2.45, 2.75) is 37.5 Å². The first kappa shape index (κ1) is 31.0. The van der Waals surface area contributed by atoms with Gasteiger partial charge in [0, 0.05) is 44.1 Å². The first-order chi connectivity index (χ1) is 20.3. The van der Waals surface area contributed by atoms with Crippen molar-refractivity contribution in [2.24, 2.45) is 0 Å². The van der Waals surface area contributed by atoms with Crippen molar-refractivity contribution < 1.29 is 33.3 Å². The average molecular weight is 580 g/mol. The second kappa shape index (κ2) is 15.3. The number of aliphatic carboxylic acids is 2. The third kappa shape index (κ3) is 9.01. The van der Waals surface area contributed by atoms with Crippen LogP contribution in [0.3, 0.4) is 0 Å². The maximum Gasteiger partial charge on any atom is 0.414 e. The van der Waals surface area contributed by atoms with Gasteiger partial charge in [0.05, 0.1) is 6.61 Å². The predicted molar refractivity (Wildman–Crippen MR) is 154 cm³/mol. The Morgan fingerprint density at radius 1 is 0.929 bits per heavy atom. The second-order valence-electron chi connectivity index (χ2n) is 10.3. The molecule has 5 rings (SSSR count). The van der Waals surface area contributed by atoms with E-state index < -0.39 is 11.9 Å². The van der Waals surface area contributed by atoms with Gasteiger partial charge in [-0.05, 0) is 72.8 Å². The van der Waals surface area contributed by atoms with Crippen molar-refractivity contribution in [3.05, 3.63) is 107 Å². The number of pyridine rings is 1. The molecule has 42 heavy (non-hydrogen) atoms. The molecule has 0 spiro atoms. The fourth-order valence-electron chi connectivity index (χ4n) is 5.49. The van der Waals surface area contributed by atoms with Crippen LogP contribution in [0.15, 0.2) is 79.1 Å². The molecular weight excluding hydrogens is 544 g/mol. The number of hydrogen-bond acceptors (Lipinski definition) is 6. The van der Waals surface area contributed by atoms with Gasteiger partial charge in [-0.3, -0.25) is 14.8 Å². The summed E-state index contributed by atoms with van der Waals surface area (Å²) in [5.41, 5.74) is 2.87. The fourth-order valence-corrected chi connectivity index (χ4v) is 5.49. The molecule has 2 atom stereocenters. The monoisotopic (exact) mass is 579 g/mol. The van der Waals surface area contributed by atoms with E-state index in [1.807, 2.05) is 12.3 Å². The molecule has 3 heterocycles. The van der Waals surface area contributed by atoms with Crippen LogP contribution in [0.4, 0.5) is 8.78 Å². The Labute approximate surface area is 243 Å². The van der Waals surface area contributed by atoms with Gasteiger partial charge in [0.15, 0.2) is 0 Å². The molecule has 2 aliphatic heterocycles. The first-order valence-electron chi connectivity index (χ1n) is 13.9. The summed E-state index contributed by atoms with van der Waals surface area (Å²) in [6.07, 6.45) is 11.4. The Morgan fingerprint density at radius 3 is 2.12 bits per heavy atom. The lowest BCUT2D eigenvalue weighted by atomic mass is 10.0. The Balaban J connectivity index is 0.000000612. The van der Waals surface area contributed by atoms with E-state index in [1.54, 1.807) is 30.5 Å². The van der Waals surface area contributed by atoms with E-state index in [2.05, 4.69) is 33.0 Å². The van der Waals surface area contributed by atoms with Crippen LogP contribution in [0.2, 0.25) is 0 Å². The zero-order valence-electron chi connectivity index (χ0n) is 23.2. The van der Waals surface area contributed by atoms with Gasteiger partial charge in [0.1, 0.15) is 17.7 Å². The quantitative estimate of drug-likeness (QED) is 0.346. The van der Waals surface area contributed by atoms with Crippen molar-refractivity contribution in [3.8, 4) is 0 Å². The Kier molecular flexibility index (Phi) is 11.3. The van der Waals surface area contributed by atoms with Gasteiger partial charge in [0.25, 0.3) is 0 Å². The standard InChI is InChI=1S/C30H33F2N3O.C2H2O4/c31-26-9-5-24(6-10-26)30(25-7-11-27(32)12-8-25)36-20-19-34-18-15-28-13-14-29(22-34)35(28)17-2-4-23-3-1-16-33-21-23;3-1(4)2(5)6/h1-12,16,21,28-30H,13-15,17-20,22H2;(H,3,4)(H,5,6)/b4-2+;. The molecule has 0 radical (unpaired) electrons. The molecular formula is C32H35F2N3O5. The molecule has 2 N–H and O–H groups in total. The van der Waals surface area contributed by atoms with Crippen molar-refractivity contribution in [2.75, 3.05) is 32.8 Å². The summed E-state index contributed by atoms with van der Waals surface area (Å²) in [7, 11) is 0. The van der Waals surface area contributed by atoms with Crippen LogP contribution in [0.5, 0.6) is 0 Å². The second-order valence-corrected chi connectivity index (χ2v) is 10.3. The largest absolute Gasteiger partial charge is 0.473 e. The summed E-state index contributed by atoms with van der Waals surface area (Å²) in [5.74, 6) is -4.21. The van der Waals surface area contributed by atoms with Crippen LogP contribution in [-0.4, -0.2) is 81.8 Å². The Morgan fingerprint density at radius 2 is 1.55 bits per heavy atom. The van der Waals surface area contributed by atoms with Crippen LogP contribution in [0, 0.1) is 11.6 Å². The highest BCUT2D eigenvalue weighted by Gasteiger charge is 2.36. The van der Waals surface area contributed by atoms with Gasteiger partial charge in [-0.1, -0.05) is 42.5 Å². The molecule has 0 aliphatic carbocycles. The zero-order chi connectivity index (χ0) is 29.9. The van der Waals surface area contributed by atoms with Crippen LogP contribution in [0.1, 0.15) is 42.1 Å². The molecule has 10 heteroatoms. The topological polar surface area (TPSA) is 103 Å². The Hall–Kier alpha value is -3.99. The summed E-state index contributed by atoms with van der Waals surface area (Å²) < 4.78 is 33.3. The van der Waals surface area contributed by atoms with Crippen molar-refractivity contribution in [1.82, 2.24) is 14.8 Å². The smallest absolute Gasteiger partial charge is 0.414 e. The minimum Gasteiger partial charge on any atom is -0.473 e. The van der Waals surface area contributed by atoms with Gasteiger partial charge in [-0.2, -0.15) is 0 Å². The SMILES string of the molecule is Fc1ccc(C(OCCN2CCC3CCC(C2)N3C/C=C/c2cccnc2)c2ccc(F)cc2)cc1.O=C(O)C(=O)O. The molecule has 2 fully saturated rings.